The van der Waals surface area contributed by atoms with Crippen LogP contribution >= 0.6 is 0 Å². The second kappa shape index (κ2) is 10.5. The number of pyridine rings is 1. The molecule has 0 amide bonds. The Kier molecular flexibility index (Phi) is 6.66. The molecule has 6 rings (SSSR count). The van der Waals surface area contributed by atoms with Crippen molar-refractivity contribution in [3.63, 3.8) is 0 Å². The third-order valence-electron chi connectivity index (χ3n) is 7.02. The molecular formula is C29H29N5O3. The fourth-order valence-electron chi connectivity index (χ4n) is 4.99. The van der Waals surface area contributed by atoms with Gasteiger partial charge in [-0.3, -0.25) is 9.88 Å². The second-order valence-corrected chi connectivity index (χ2v) is 9.29. The highest BCUT2D eigenvalue weighted by Crippen LogP contribution is 2.35. The van der Waals surface area contributed by atoms with Crippen molar-refractivity contribution < 1.29 is 14.7 Å². The molecule has 8 nitrogen and oxygen atoms in total. The average molecular weight is 496 g/mol. The van der Waals surface area contributed by atoms with Gasteiger partial charge in [-0.15, -0.1) is 0 Å². The zero-order chi connectivity index (χ0) is 25.0. The van der Waals surface area contributed by atoms with E-state index >= 15 is 0 Å². The summed E-state index contributed by atoms with van der Waals surface area (Å²) in [4.78, 5) is 15.1. The van der Waals surface area contributed by atoms with E-state index in [1.165, 1.54) is 5.56 Å². The number of hydrogen-bond acceptors (Lipinski definition) is 7. The van der Waals surface area contributed by atoms with E-state index in [0.29, 0.717) is 6.61 Å². The maximum absolute atomic E-state index is 9.30. The van der Waals surface area contributed by atoms with Crippen LogP contribution in [-0.4, -0.2) is 70.2 Å². The molecule has 3 heterocycles. The van der Waals surface area contributed by atoms with Crippen molar-refractivity contribution in [3.05, 3.63) is 78.1 Å². The summed E-state index contributed by atoms with van der Waals surface area (Å²) in [5, 5.41) is 12.8. The summed E-state index contributed by atoms with van der Waals surface area (Å²) < 4.78 is 11.4. The Morgan fingerprint density at radius 2 is 1.73 bits per heavy atom. The number of benzene rings is 2. The number of H-pyrrole nitrogens is 1. The molecule has 37 heavy (non-hydrogen) atoms. The van der Waals surface area contributed by atoms with Crippen LogP contribution in [0.3, 0.4) is 0 Å². The fraction of sp³-hybridized carbons (Fsp3) is 0.276. The highest BCUT2D eigenvalue weighted by atomic mass is 16.5. The van der Waals surface area contributed by atoms with Crippen molar-refractivity contribution in [2.75, 3.05) is 39.5 Å². The lowest BCUT2D eigenvalue weighted by Gasteiger charge is -2.26. The van der Waals surface area contributed by atoms with Crippen LogP contribution in [0.15, 0.2) is 72.1 Å². The topological polar surface area (TPSA) is 95.9 Å². The number of oxime groups is 1. The predicted octanol–water partition coefficient (Wildman–Crippen LogP) is 4.64. The Morgan fingerprint density at radius 1 is 0.946 bits per heavy atom. The molecule has 4 aromatic rings. The number of aryl methyl sites for hydroxylation is 1. The van der Waals surface area contributed by atoms with Crippen LogP contribution in [0.5, 0.6) is 5.75 Å². The molecule has 0 atom stereocenters. The molecule has 2 aromatic heterocycles. The fourth-order valence-corrected chi connectivity index (χ4v) is 4.99. The van der Waals surface area contributed by atoms with Gasteiger partial charge in [-0.1, -0.05) is 17.3 Å². The molecule has 2 N–H and O–H groups in total. The van der Waals surface area contributed by atoms with Gasteiger partial charge in [0, 0.05) is 54.3 Å². The zero-order valence-electron chi connectivity index (χ0n) is 20.6. The molecule has 1 aliphatic carbocycles. The zero-order valence-corrected chi connectivity index (χ0v) is 20.6. The van der Waals surface area contributed by atoms with Gasteiger partial charge in [0.1, 0.15) is 18.2 Å². The van der Waals surface area contributed by atoms with Gasteiger partial charge < -0.3 is 19.7 Å². The summed E-state index contributed by atoms with van der Waals surface area (Å²) >= 11 is 0. The van der Waals surface area contributed by atoms with Gasteiger partial charge >= 0.3 is 0 Å². The number of aromatic amines is 1. The molecule has 2 aromatic carbocycles. The van der Waals surface area contributed by atoms with Gasteiger partial charge in [0.25, 0.3) is 0 Å². The first-order valence-electron chi connectivity index (χ1n) is 12.7. The average Bonchev–Trinajstić information content (AvgIpc) is 3.59. The SMILES string of the molecule is O/N=C1\CCc2cc(-c3nc(-c4ccc(OCCN5CCOCC5)cc4)[nH]c3-c3ccncc3)ccc21. The van der Waals surface area contributed by atoms with Crippen LogP contribution < -0.4 is 4.74 Å². The highest BCUT2D eigenvalue weighted by molar-refractivity contribution is 6.04. The van der Waals surface area contributed by atoms with Crippen molar-refractivity contribution >= 4 is 5.71 Å². The van der Waals surface area contributed by atoms with E-state index in [2.05, 4.69) is 26.1 Å². The van der Waals surface area contributed by atoms with E-state index < -0.39 is 0 Å². The summed E-state index contributed by atoms with van der Waals surface area (Å²) in [5.41, 5.74) is 7.77. The summed E-state index contributed by atoms with van der Waals surface area (Å²) in [5.74, 6) is 1.64. The van der Waals surface area contributed by atoms with Crippen LogP contribution in [0.2, 0.25) is 0 Å². The number of nitrogens with one attached hydrogen (secondary N) is 1. The van der Waals surface area contributed by atoms with Gasteiger partial charge in [0.05, 0.1) is 30.3 Å². The summed E-state index contributed by atoms with van der Waals surface area (Å²) in [6.45, 7) is 5.06. The third kappa shape index (κ3) is 4.98. The lowest BCUT2D eigenvalue weighted by atomic mass is 10.0. The second-order valence-electron chi connectivity index (χ2n) is 9.29. The lowest BCUT2D eigenvalue weighted by molar-refractivity contribution is 0.0322. The molecule has 0 unspecified atom stereocenters. The molecule has 2 aliphatic rings. The van der Waals surface area contributed by atoms with Crippen molar-refractivity contribution in [2.45, 2.75) is 12.8 Å². The maximum Gasteiger partial charge on any atom is 0.138 e. The Morgan fingerprint density at radius 3 is 2.51 bits per heavy atom. The highest BCUT2D eigenvalue weighted by Gasteiger charge is 2.21. The van der Waals surface area contributed by atoms with Gasteiger partial charge in [-0.05, 0) is 60.9 Å². The summed E-state index contributed by atoms with van der Waals surface area (Å²) in [6, 6.07) is 18.3. The summed E-state index contributed by atoms with van der Waals surface area (Å²) in [6.07, 6.45) is 5.18. The molecule has 0 saturated carbocycles. The van der Waals surface area contributed by atoms with E-state index in [-0.39, 0.29) is 0 Å². The van der Waals surface area contributed by atoms with Gasteiger partial charge in [0.2, 0.25) is 0 Å². The Labute approximate surface area is 215 Å². The number of morpholine rings is 1. The normalized spacial score (nSPS) is 16.7. The van der Waals surface area contributed by atoms with Crippen molar-refractivity contribution in [3.8, 4) is 39.7 Å². The number of hydrogen-bond donors (Lipinski definition) is 2. The number of nitrogens with zero attached hydrogens (tertiary/aromatic N) is 4. The first kappa shape index (κ1) is 23.4. The van der Waals surface area contributed by atoms with E-state index in [0.717, 1.165) is 96.6 Å². The van der Waals surface area contributed by atoms with Crippen LogP contribution in [0.25, 0.3) is 33.9 Å². The molecular weight excluding hydrogens is 466 g/mol. The smallest absolute Gasteiger partial charge is 0.138 e. The monoisotopic (exact) mass is 495 g/mol. The first-order chi connectivity index (χ1) is 18.3. The third-order valence-corrected chi connectivity index (χ3v) is 7.02. The lowest BCUT2D eigenvalue weighted by Crippen LogP contribution is -2.38. The van der Waals surface area contributed by atoms with Crippen molar-refractivity contribution in [2.24, 2.45) is 5.16 Å². The minimum atomic E-state index is 0.650. The summed E-state index contributed by atoms with van der Waals surface area (Å²) in [7, 11) is 0. The molecule has 1 fully saturated rings. The van der Waals surface area contributed by atoms with E-state index in [1.54, 1.807) is 12.4 Å². The van der Waals surface area contributed by atoms with Crippen LogP contribution in [0.4, 0.5) is 0 Å². The minimum absolute atomic E-state index is 0.650. The quantitative estimate of drug-likeness (QED) is 0.286. The number of ether oxygens (including phenoxy) is 2. The number of fused-ring (bicyclic) bond motifs is 1. The molecule has 0 bridgehead atoms. The molecule has 0 spiro atoms. The van der Waals surface area contributed by atoms with Crippen LogP contribution in [0.1, 0.15) is 17.5 Å². The number of aromatic nitrogens is 3. The first-order valence-corrected chi connectivity index (χ1v) is 12.7. The maximum atomic E-state index is 9.30. The molecule has 1 saturated heterocycles. The van der Waals surface area contributed by atoms with Crippen molar-refractivity contribution in [1.82, 2.24) is 19.9 Å². The molecule has 8 heteroatoms. The molecule has 1 aliphatic heterocycles. The number of rotatable bonds is 7. The van der Waals surface area contributed by atoms with E-state index in [1.807, 2.05) is 48.5 Å². The standard InChI is InChI=1S/C29H29N5O3/c35-33-26-8-4-22-19-23(3-7-25(22)26)28-27(20-9-11-30-12-10-20)31-29(32-28)21-1-5-24(6-2-21)37-18-15-34-13-16-36-17-14-34/h1-3,5-7,9-12,19,35H,4,8,13-18H2,(H,31,32)/b33-26+. The van der Waals surface area contributed by atoms with Crippen LogP contribution in [-0.2, 0) is 11.2 Å². The van der Waals surface area contributed by atoms with Crippen LogP contribution in [0, 0.1) is 0 Å². The predicted molar refractivity (Wildman–Crippen MR) is 142 cm³/mol. The Balaban J connectivity index is 1.26. The molecule has 188 valence electrons. The number of imidazole rings is 1. The van der Waals surface area contributed by atoms with Gasteiger partial charge in [0.15, 0.2) is 0 Å². The Hall–Kier alpha value is -4.01. The van der Waals surface area contributed by atoms with E-state index in [4.69, 9.17) is 14.5 Å². The minimum Gasteiger partial charge on any atom is -0.492 e. The Bertz CT molecular complexity index is 1390. The van der Waals surface area contributed by atoms with Gasteiger partial charge in [-0.25, -0.2) is 4.98 Å². The largest absolute Gasteiger partial charge is 0.492 e. The van der Waals surface area contributed by atoms with E-state index in [9.17, 15) is 5.21 Å². The van der Waals surface area contributed by atoms with Crippen molar-refractivity contribution in [1.29, 1.82) is 0 Å². The molecule has 0 radical (unpaired) electrons. The van der Waals surface area contributed by atoms with Gasteiger partial charge in [-0.2, -0.15) is 0 Å².